The van der Waals surface area contributed by atoms with Gasteiger partial charge in [0.1, 0.15) is 0 Å². The van der Waals surface area contributed by atoms with Gasteiger partial charge in [-0.3, -0.25) is 0 Å². The molecule has 0 saturated heterocycles. The van der Waals surface area contributed by atoms with Crippen molar-refractivity contribution in [2.24, 2.45) is 0 Å². The van der Waals surface area contributed by atoms with Crippen LogP contribution in [0, 0.1) is 0 Å². The van der Waals surface area contributed by atoms with Gasteiger partial charge in [0, 0.05) is 0 Å². The molecule has 0 spiro atoms. The van der Waals surface area contributed by atoms with Gasteiger partial charge in [0.25, 0.3) is 0 Å². The van der Waals surface area contributed by atoms with Gasteiger partial charge >= 0.3 is 142 Å². The fourth-order valence-corrected chi connectivity index (χ4v) is 16.0. The van der Waals surface area contributed by atoms with E-state index >= 15 is 5.25 Å². The summed E-state index contributed by atoms with van der Waals surface area (Å²) in [7, 11) is 0. The first-order valence-corrected chi connectivity index (χ1v) is 15.9. The second-order valence-corrected chi connectivity index (χ2v) is 19.3. The first-order valence-electron chi connectivity index (χ1n) is 9.42. The molecule has 0 amide bonds. The molecule has 2 atom stereocenters. The summed E-state index contributed by atoms with van der Waals surface area (Å²) in [5.41, 5.74) is 4.77. The summed E-state index contributed by atoms with van der Waals surface area (Å²) in [5, 5.41) is 0. The molecule has 0 aromatic rings. The number of rotatable bonds is 3. The van der Waals surface area contributed by atoms with Crippen LogP contribution >= 0.6 is 0 Å². The van der Waals surface area contributed by atoms with Crippen LogP contribution in [-0.4, -0.2) is 0 Å². The molecule has 2 unspecified atom stereocenters. The van der Waals surface area contributed by atoms with Crippen LogP contribution in [0.3, 0.4) is 0 Å². The van der Waals surface area contributed by atoms with Crippen molar-refractivity contribution in [3.63, 3.8) is 0 Å². The van der Waals surface area contributed by atoms with Gasteiger partial charge in [0.15, 0.2) is 0 Å². The minimum atomic E-state index is -5.93. The van der Waals surface area contributed by atoms with Crippen molar-refractivity contribution in [3.05, 3.63) is 46.6 Å². The van der Waals surface area contributed by atoms with Crippen molar-refractivity contribution < 1.29 is 25.3 Å². The monoisotopic (exact) mass is 395 g/mol. The Hall–Kier alpha value is -0.297. The Morgan fingerprint density at radius 3 is 1.70 bits per heavy atom. The van der Waals surface area contributed by atoms with Crippen molar-refractivity contribution in [1.82, 2.24) is 0 Å². The number of halogens is 2. The molecule has 0 nitrogen and oxygen atoms in total. The van der Waals surface area contributed by atoms with E-state index < -0.39 is 27.3 Å². The van der Waals surface area contributed by atoms with Gasteiger partial charge in [0.2, 0.25) is 0 Å². The Bertz CT molecular complexity index is 599. The zero-order valence-corrected chi connectivity index (χ0v) is 16.5. The molecule has 0 heterocycles. The van der Waals surface area contributed by atoms with Crippen molar-refractivity contribution in [2.75, 3.05) is 0 Å². The van der Waals surface area contributed by atoms with Gasteiger partial charge in [-0.15, -0.1) is 0 Å². The van der Waals surface area contributed by atoms with E-state index in [4.69, 9.17) is 0 Å². The normalized spacial score (nSPS) is 32.0. The second kappa shape index (κ2) is 5.61. The molecule has 4 aliphatic carbocycles. The standard InChI is InChI=1S/2C9H11.C2H5.2FH.Zr/c2*1-2-5-9-7-3-6-8(9)4-1;1-2;;;/h2*3,6-7H,1-2,4-5H2;1H2,2H3;2*1H;/q;;;;;+2/p-2. The Morgan fingerprint density at radius 1 is 0.826 bits per heavy atom. The van der Waals surface area contributed by atoms with Crippen LogP contribution in [0.2, 0.25) is 11.4 Å². The average Bonchev–Trinajstić information content (AvgIpc) is 3.20. The van der Waals surface area contributed by atoms with Crippen molar-refractivity contribution >= 4 is 0 Å². The van der Waals surface area contributed by atoms with E-state index in [1.165, 1.54) is 24.0 Å². The van der Waals surface area contributed by atoms with Crippen LogP contribution in [0.25, 0.3) is 0 Å². The summed E-state index contributed by atoms with van der Waals surface area (Å²) in [5.74, 6) is 0. The van der Waals surface area contributed by atoms with Gasteiger partial charge in [-0.05, 0) is 0 Å². The van der Waals surface area contributed by atoms with E-state index in [0.29, 0.717) is 0 Å². The van der Waals surface area contributed by atoms with Gasteiger partial charge < -0.3 is 0 Å². The molecule has 3 heteroatoms. The van der Waals surface area contributed by atoms with Gasteiger partial charge in [-0.2, -0.15) is 0 Å². The van der Waals surface area contributed by atoms with Crippen LogP contribution in [0.15, 0.2) is 46.6 Å². The van der Waals surface area contributed by atoms with Crippen LogP contribution in [0.5, 0.6) is 0 Å². The zero-order valence-electron chi connectivity index (χ0n) is 14.1. The molecule has 0 saturated carbocycles. The van der Waals surface area contributed by atoms with E-state index in [9.17, 15) is 0 Å². The molecule has 0 fully saturated rings. The molecule has 0 aromatic heterocycles. The van der Waals surface area contributed by atoms with Gasteiger partial charge in [0.05, 0.1) is 0 Å². The molecule has 125 valence electrons. The summed E-state index contributed by atoms with van der Waals surface area (Å²) in [6, 6.07) is 0. The second-order valence-electron chi connectivity index (χ2n) is 7.89. The van der Waals surface area contributed by atoms with Crippen molar-refractivity contribution in [2.45, 2.75) is 69.7 Å². The molecule has 0 N–H and O–H groups in total. The topological polar surface area (TPSA) is 0 Å². The number of hydrogen-bond donors (Lipinski definition) is 0. The zero-order chi connectivity index (χ0) is 16.1. The molecule has 0 aromatic carbocycles. The third kappa shape index (κ3) is 2.36. The summed E-state index contributed by atoms with van der Waals surface area (Å²) in [4.78, 5) is 0. The molecule has 23 heavy (non-hydrogen) atoms. The molecular formula is C20H27F2Zr. The third-order valence-corrected chi connectivity index (χ3v) is 19.0. The van der Waals surface area contributed by atoms with E-state index in [2.05, 4.69) is 12.2 Å². The molecular weight excluding hydrogens is 369 g/mol. The number of allylic oxidation sites excluding steroid dienone is 8. The summed E-state index contributed by atoms with van der Waals surface area (Å²) in [6.07, 6.45) is 16.3. The quantitative estimate of drug-likeness (QED) is 0.468. The molecule has 0 radical (unpaired) electrons. The van der Waals surface area contributed by atoms with Gasteiger partial charge in [-0.1, -0.05) is 0 Å². The fraction of sp³-hybridized carbons (Fsp3) is 0.600. The Morgan fingerprint density at radius 2 is 1.26 bits per heavy atom. The SMILES string of the molecule is C[CH2][Zr]([F])([F])([CH]1C=CC2=C1CCCC2)[CH]1C=CC2=C1CCCC2. The minimum absolute atomic E-state index is 0.124. The summed E-state index contributed by atoms with van der Waals surface area (Å²) in [6.45, 7) is 1.77. The number of hydrogen-bond acceptors (Lipinski definition) is 0. The first kappa shape index (κ1) is 16.2. The van der Waals surface area contributed by atoms with E-state index in [0.717, 1.165) is 49.7 Å². The first-order chi connectivity index (χ1) is 11.0. The maximum atomic E-state index is 16.5. The molecule has 0 aliphatic heterocycles. The van der Waals surface area contributed by atoms with E-state index in [-0.39, 0.29) is 4.13 Å². The van der Waals surface area contributed by atoms with E-state index in [1.807, 2.05) is 12.2 Å². The Labute approximate surface area is 141 Å². The third-order valence-electron chi connectivity index (χ3n) is 6.78. The molecule has 0 bridgehead atoms. The Kier molecular flexibility index (Phi) is 3.95. The summed E-state index contributed by atoms with van der Waals surface area (Å²) < 4.78 is 32.2. The van der Waals surface area contributed by atoms with Crippen molar-refractivity contribution in [1.29, 1.82) is 0 Å². The van der Waals surface area contributed by atoms with Crippen LogP contribution < -0.4 is 0 Å². The predicted molar refractivity (Wildman–Crippen MR) is 89.5 cm³/mol. The van der Waals surface area contributed by atoms with Crippen molar-refractivity contribution in [3.8, 4) is 0 Å². The summed E-state index contributed by atoms with van der Waals surface area (Å²) >= 11 is -5.93. The average molecular weight is 397 g/mol. The molecule has 4 aliphatic rings. The fourth-order valence-electron chi connectivity index (χ4n) is 5.39. The van der Waals surface area contributed by atoms with E-state index in [1.54, 1.807) is 6.92 Å². The van der Waals surface area contributed by atoms with Gasteiger partial charge in [-0.25, -0.2) is 0 Å². The maximum absolute atomic E-state index is 16.5. The van der Waals surface area contributed by atoms with Crippen LogP contribution in [0.1, 0.15) is 58.3 Å². The van der Waals surface area contributed by atoms with Crippen LogP contribution in [0.4, 0.5) is 5.25 Å². The predicted octanol–water partition coefficient (Wildman–Crippen LogP) is 7.34. The molecule has 4 rings (SSSR count). The Balaban J connectivity index is 1.77. The van der Waals surface area contributed by atoms with Crippen LogP contribution in [-0.2, 0) is 20.0 Å².